The van der Waals surface area contributed by atoms with Crippen LogP contribution in [0, 0.1) is 5.92 Å². The van der Waals surface area contributed by atoms with Gasteiger partial charge in [0.15, 0.2) is 0 Å². The van der Waals surface area contributed by atoms with Crippen LogP contribution in [0.1, 0.15) is 39.5 Å². The van der Waals surface area contributed by atoms with Crippen molar-refractivity contribution in [3.63, 3.8) is 0 Å². The van der Waals surface area contributed by atoms with Crippen molar-refractivity contribution in [3.8, 4) is 10.9 Å². The molecule has 0 atom stereocenters. The molecule has 0 spiro atoms. The van der Waals surface area contributed by atoms with Crippen LogP contribution in [0.4, 0.5) is 0 Å². The highest BCUT2D eigenvalue weighted by Crippen LogP contribution is 2.32. The van der Waals surface area contributed by atoms with Gasteiger partial charge in [-0.1, -0.05) is 25.2 Å². The molecule has 0 aliphatic carbocycles. The first-order chi connectivity index (χ1) is 12.1. The van der Waals surface area contributed by atoms with Crippen molar-refractivity contribution < 1.29 is 14.3 Å². The van der Waals surface area contributed by atoms with Gasteiger partial charge in [-0.3, -0.25) is 4.79 Å². The van der Waals surface area contributed by atoms with Gasteiger partial charge in [-0.05, 0) is 25.0 Å². The van der Waals surface area contributed by atoms with Crippen LogP contribution in [0.2, 0.25) is 0 Å². The zero-order valence-corrected chi connectivity index (χ0v) is 16.0. The number of nitrogens with zero attached hydrogens (tertiary/aromatic N) is 2. The third-order valence-electron chi connectivity index (χ3n) is 4.93. The Bertz CT molecular complexity index is 719. The van der Waals surface area contributed by atoms with E-state index in [-0.39, 0.29) is 12.0 Å². The maximum Gasteiger partial charge on any atom is 0.274 e. The molecular formula is C19H26N2O3S. The molecule has 0 unspecified atom stereocenters. The van der Waals surface area contributed by atoms with Crippen LogP contribution >= 0.6 is 11.3 Å². The van der Waals surface area contributed by atoms with Crippen molar-refractivity contribution in [2.75, 3.05) is 20.2 Å². The molecule has 1 aromatic heterocycles. The molecule has 6 heteroatoms. The molecule has 5 nitrogen and oxygen atoms in total. The predicted octanol–water partition coefficient (Wildman–Crippen LogP) is 4.11. The smallest absolute Gasteiger partial charge is 0.274 e. The summed E-state index contributed by atoms with van der Waals surface area (Å²) in [5, 5.41) is 0.702. The molecule has 0 N–H and O–H groups in total. The summed E-state index contributed by atoms with van der Waals surface area (Å²) < 4.78 is 12.4. The Hall–Kier alpha value is -1.82. The minimum atomic E-state index is 0.133. The number of ether oxygens (including phenoxy) is 2. The molecule has 2 aromatic rings. The van der Waals surface area contributed by atoms with Gasteiger partial charge >= 0.3 is 0 Å². The van der Waals surface area contributed by atoms with E-state index in [1.807, 2.05) is 23.1 Å². The second-order valence-corrected chi connectivity index (χ2v) is 7.46. The van der Waals surface area contributed by atoms with Crippen molar-refractivity contribution in [1.29, 1.82) is 0 Å². The maximum atomic E-state index is 12.5. The molecule has 1 saturated heterocycles. The number of hydrogen-bond donors (Lipinski definition) is 0. The summed E-state index contributed by atoms with van der Waals surface area (Å²) in [6.45, 7) is 5.73. The summed E-state index contributed by atoms with van der Waals surface area (Å²) in [5.41, 5.74) is 0.903. The van der Waals surface area contributed by atoms with Crippen molar-refractivity contribution in [1.82, 2.24) is 9.88 Å². The number of methoxy groups -OCH3 is 1. The molecule has 1 aromatic carbocycles. The largest absolute Gasteiger partial charge is 0.497 e. The molecule has 1 amide bonds. The maximum absolute atomic E-state index is 12.5. The van der Waals surface area contributed by atoms with Crippen molar-refractivity contribution in [2.24, 2.45) is 5.92 Å². The highest BCUT2D eigenvalue weighted by Gasteiger charge is 2.27. The summed E-state index contributed by atoms with van der Waals surface area (Å²) in [6.07, 6.45) is 3.70. The standard InChI is InChI=1S/C19H26N2O3S/c1-4-13(5-2)18(22)21-10-8-14(9-11-21)24-19-20-16-12-15(23-3)6-7-17(16)25-19/h6-7,12-14H,4-5,8-11H2,1-3H3. The van der Waals surface area contributed by atoms with Crippen LogP contribution in [-0.4, -0.2) is 42.1 Å². The number of amides is 1. The Morgan fingerprint density at radius 1 is 1.32 bits per heavy atom. The lowest BCUT2D eigenvalue weighted by Crippen LogP contribution is -2.44. The van der Waals surface area contributed by atoms with Crippen LogP contribution in [0.15, 0.2) is 18.2 Å². The molecule has 1 fully saturated rings. The lowest BCUT2D eigenvalue weighted by atomic mass is 9.99. The first-order valence-electron chi connectivity index (χ1n) is 9.04. The van der Waals surface area contributed by atoms with Crippen LogP contribution in [0.3, 0.4) is 0 Å². The number of piperidine rings is 1. The summed E-state index contributed by atoms with van der Waals surface area (Å²) >= 11 is 1.56. The Kier molecular flexibility index (Phi) is 5.78. The van der Waals surface area contributed by atoms with Gasteiger partial charge in [0.1, 0.15) is 11.9 Å². The highest BCUT2D eigenvalue weighted by molar-refractivity contribution is 7.20. The fraction of sp³-hybridized carbons (Fsp3) is 0.579. The number of carbonyl (C=O) groups is 1. The van der Waals surface area contributed by atoms with Gasteiger partial charge in [0.2, 0.25) is 5.91 Å². The second-order valence-electron chi connectivity index (χ2n) is 6.47. The third kappa shape index (κ3) is 4.06. The minimum Gasteiger partial charge on any atom is -0.497 e. The van der Waals surface area contributed by atoms with Gasteiger partial charge in [-0.15, -0.1) is 0 Å². The highest BCUT2D eigenvalue weighted by atomic mass is 32.1. The Balaban J connectivity index is 1.58. The van der Waals surface area contributed by atoms with E-state index in [1.165, 1.54) is 0 Å². The van der Waals surface area contributed by atoms with Crippen LogP contribution < -0.4 is 9.47 Å². The molecule has 1 aliphatic heterocycles. The van der Waals surface area contributed by atoms with Crippen LogP contribution in [0.5, 0.6) is 10.9 Å². The van der Waals surface area contributed by atoms with E-state index >= 15 is 0 Å². The fourth-order valence-electron chi connectivity index (χ4n) is 3.30. The van der Waals surface area contributed by atoms with Crippen LogP contribution in [0.25, 0.3) is 10.2 Å². The summed E-state index contributed by atoms with van der Waals surface area (Å²) in [4.78, 5) is 19.0. The lowest BCUT2D eigenvalue weighted by Gasteiger charge is -2.33. The van der Waals surface area contributed by atoms with Crippen molar-refractivity contribution in [3.05, 3.63) is 18.2 Å². The van der Waals surface area contributed by atoms with Gasteiger partial charge < -0.3 is 14.4 Å². The van der Waals surface area contributed by atoms with E-state index in [0.29, 0.717) is 11.1 Å². The van der Waals surface area contributed by atoms with Crippen LogP contribution in [-0.2, 0) is 4.79 Å². The van der Waals surface area contributed by atoms with Gasteiger partial charge in [-0.2, -0.15) is 0 Å². The lowest BCUT2D eigenvalue weighted by molar-refractivity contribution is -0.137. The topological polar surface area (TPSA) is 51.7 Å². The van der Waals surface area contributed by atoms with E-state index in [9.17, 15) is 4.79 Å². The number of fused-ring (bicyclic) bond motifs is 1. The minimum absolute atomic E-state index is 0.133. The fourth-order valence-corrected chi connectivity index (χ4v) is 4.16. The summed E-state index contributed by atoms with van der Waals surface area (Å²) in [6, 6.07) is 5.87. The predicted molar refractivity (Wildman–Crippen MR) is 100 cm³/mol. The molecule has 0 saturated carbocycles. The number of likely N-dealkylation sites (tertiary alicyclic amines) is 1. The first kappa shape index (κ1) is 18.0. The Labute approximate surface area is 152 Å². The quantitative estimate of drug-likeness (QED) is 0.776. The van der Waals surface area contributed by atoms with Gasteiger partial charge in [0.05, 0.1) is 17.3 Å². The Morgan fingerprint density at radius 3 is 2.68 bits per heavy atom. The number of carbonyl (C=O) groups excluding carboxylic acids is 1. The molecule has 3 rings (SSSR count). The second kappa shape index (κ2) is 8.04. The van der Waals surface area contributed by atoms with Gasteiger partial charge in [0, 0.05) is 37.9 Å². The molecule has 0 bridgehead atoms. The number of hydrogen-bond acceptors (Lipinski definition) is 5. The molecule has 25 heavy (non-hydrogen) atoms. The normalized spacial score (nSPS) is 15.8. The first-order valence-corrected chi connectivity index (χ1v) is 9.86. The average molecular weight is 362 g/mol. The monoisotopic (exact) mass is 362 g/mol. The SMILES string of the molecule is CCC(CC)C(=O)N1CCC(Oc2nc3cc(OC)ccc3s2)CC1. The van der Waals surface area contributed by atoms with Crippen molar-refractivity contribution >= 4 is 27.5 Å². The molecule has 2 heterocycles. The molecule has 0 radical (unpaired) electrons. The van der Waals surface area contributed by atoms with E-state index < -0.39 is 0 Å². The number of rotatable bonds is 6. The number of benzene rings is 1. The number of aromatic nitrogens is 1. The Morgan fingerprint density at radius 2 is 2.04 bits per heavy atom. The molecule has 136 valence electrons. The summed E-state index contributed by atoms with van der Waals surface area (Å²) in [5.74, 6) is 1.27. The van der Waals surface area contributed by atoms with E-state index in [2.05, 4.69) is 18.8 Å². The van der Waals surface area contributed by atoms with Gasteiger partial charge in [0.25, 0.3) is 5.19 Å². The zero-order chi connectivity index (χ0) is 17.8. The van der Waals surface area contributed by atoms with Gasteiger partial charge in [-0.25, -0.2) is 4.98 Å². The third-order valence-corrected chi connectivity index (χ3v) is 5.86. The molecule has 1 aliphatic rings. The van der Waals surface area contributed by atoms with E-state index in [0.717, 1.165) is 54.7 Å². The van der Waals surface area contributed by atoms with E-state index in [1.54, 1.807) is 18.4 Å². The molecular weight excluding hydrogens is 336 g/mol. The summed E-state index contributed by atoms with van der Waals surface area (Å²) in [7, 11) is 1.65. The van der Waals surface area contributed by atoms with Crippen molar-refractivity contribution in [2.45, 2.75) is 45.6 Å². The average Bonchev–Trinajstić information content (AvgIpc) is 3.04. The number of thiazole rings is 1. The zero-order valence-electron chi connectivity index (χ0n) is 15.2. The van der Waals surface area contributed by atoms with E-state index in [4.69, 9.17) is 9.47 Å².